The van der Waals surface area contributed by atoms with Crippen molar-refractivity contribution in [2.45, 2.75) is 108 Å². The molecular formula is C132H107N5S. The standard InChI is InChI=1S/C132H107N5S/c1-82(2)72-96-81-131(113-41-18-24-47-121(113)136-118-44-21-14-36-107(118)111-78-102(79-115(131)127(111)136)133(101-31-26-30-91(75-101)85-28-8-7-9-29-85)97-68-58-90(59-69-97)103-32-10-11-33-104(103)108-39-27-49-124-125(108)110-38-16-25-48-123(110)138-124)84(4)80-129(96,5)92-60-50-86(51-61-92)87-52-62-98(63-53-87)134(99-64-54-88(55-65-99)89-56-66-100(67-57-89)135-116-42-19-12-34-105(116)106-35-13-20-43-117(106)135)122-71-70-114-128-126(122)109-37-15-22-45-119(109)137(128)120-46-23-17-40-112(120)130(6)93-76-94-73-83(3)74-95(77-93)132(94,114)130/h7-71,75,78-79,82-84,93-96H,72-74,76-77,80-81H2,1-6H3/t83-,84-,93?,94+,95-,96?,129+,130-,131?,132?/m0/s1. The van der Waals surface area contributed by atoms with Crippen molar-refractivity contribution < 1.29 is 0 Å². The Morgan fingerprint density at radius 2 is 0.819 bits per heavy atom. The molecule has 2 aliphatic heterocycles. The third-order valence-electron chi connectivity index (χ3n) is 35.0. The quantitative estimate of drug-likeness (QED) is 0.102. The zero-order valence-corrected chi connectivity index (χ0v) is 79.7. The maximum atomic E-state index is 2.74. The number of fused-ring (bicyclic) bond motifs is 18. The molecule has 18 aromatic carbocycles. The minimum Gasteiger partial charge on any atom is -0.310 e. The van der Waals surface area contributed by atoms with Crippen LogP contribution in [0.15, 0.2) is 413 Å². The van der Waals surface area contributed by atoms with Gasteiger partial charge in [-0.2, -0.15) is 0 Å². The molecule has 6 heteroatoms. The highest BCUT2D eigenvalue weighted by atomic mass is 32.1. The van der Waals surface area contributed by atoms with Gasteiger partial charge in [0.25, 0.3) is 0 Å². The van der Waals surface area contributed by atoms with Gasteiger partial charge in [-0.3, -0.25) is 0 Å². The fraction of sp³-hybridized carbons (Fsp3) is 0.182. The predicted octanol–water partition coefficient (Wildman–Crippen LogP) is 35.9. The Labute approximate surface area is 811 Å². The van der Waals surface area contributed by atoms with Gasteiger partial charge in [0.2, 0.25) is 0 Å². The molecule has 2 bridgehead atoms. The lowest BCUT2D eigenvalue weighted by molar-refractivity contribution is 0.0690. The molecule has 0 N–H and O–H groups in total. The van der Waals surface area contributed by atoms with E-state index in [9.17, 15) is 0 Å². The number of nitrogens with zero attached hydrogens (tertiary/aromatic N) is 5. The Morgan fingerprint density at radius 3 is 1.48 bits per heavy atom. The minimum absolute atomic E-state index is 0.00415. The van der Waals surface area contributed by atoms with Crippen LogP contribution in [0.25, 0.3) is 158 Å². The largest absolute Gasteiger partial charge is 0.310 e. The Hall–Kier alpha value is -14.8. The first-order chi connectivity index (χ1) is 67.8. The molecule has 28 rings (SSSR count). The van der Waals surface area contributed by atoms with E-state index in [1.165, 1.54) is 201 Å². The van der Waals surface area contributed by atoms with Gasteiger partial charge in [0, 0.05) is 109 Å². The summed E-state index contributed by atoms with van der Waals surface area (Å²) in [4.78, 5) is 5.18. The van der Waals surface area contributed by atoms with E-state index in [1.54, 1.807) is 11.1 Å². The van der Waals surface area contributed by atoms with Gasteiger partial charge in [0.15, 0.2) is 0 Å². The molecule has 0 saturated heterocycles. The highest BCUT2D eigenvalue weighted by Gasteiger charge is 2.74. The summed E-state index contributed by atoms with van der Waals surface area (Å²) in [6.45, 7) is 15.5. The number of benzene rings is 18. The number of anilines is 6. The van der Waals surface area contributed by atoms with Crippen molar-refractivity contribution in [3.05, 3.63) is 440 Å². The van der Waals surface area contributed by atoms with E-state index in [1.807, 2.05) is 11.3 Å². The van der Waals surface area contributed by atoms with Crippen LogP contribution in [0.5, 0.6) is 0 Å². The zero-order chi connectivity index (χ0) is 91.8. The third-order valence-corrected chi connectivity index (χ3v) is 36.1. The molecule has 0 amide bonds. The molecule has 4 fully saturated rings. The average molecular weight is 1800 g/mol. The van der Waals surface area contributed by atoms with Crippen molar-refractivity contribution in [2.24, 2.45) is 41.4 Å². The molecule has 4 aliphatic carbocycles. The van der Waals surface area contributed by atoms with Crippen molar-refractivity contribution in [2.75, 3.05) is 9.80 Å². The lowest BCUT2D eigenvalue weighted by atomic mass is 9.47. The molecule has 5 nitrogen and oxygen atoms in total. The first-order valence-electron chi connectivity index (χ1n) is 50.4. The summed E-state index contributed by atoms with van der Waals surface area (Å²) >= 11 is 1.88. The monoisotopic (exact) mass is 1790 g/mol. The van der Waals surface area contributed by atoms with Crippen LogP contribution in [-0.2, 0) is 21.7 Å². The van der Waals surface area contributed by atoms with E-state index < -0.39 is 0 Å². The Balaban J connectivity index is 0.555. The first kappa shape index (κ1) is 81.5. The fourth-order valence-corrected chi connectivity index (χ4v) is 30.6. The van der Waals surface area contributed by atoms with Crippen molar-refractivity contribution in [3.63, 3.8) is 0 Å². The number of rotatable bonds is 15. The van der Waals surface area contributed by atoms with Crippen molar-refractivity contribution >= 4 is 131 Å². The molecule has 6 heterocycles. The van der Waals surface area contributed by atoms with E-state index in [-0.39, 0.29) is 27.6 Å². The summed E-state index contributed by atoms with van der Waals surface area (Å²) in [7, 11) is 0. The third kappa shape index (κ3) is 11.7. The lowest BCUT2D eigenvalue weighted by Crippen LogP contribution is -2.52. The van der Waals surface area contributed by atoms with Crippen LogP contribution in [-0.4, -0.2) is 13.7 Å². The van der Waals surface area contributed by atoms with E-state index >= 15 is 0 Å². The highest BCUT2D eigenvalue weighted by molar-refractivity contribution is 7.26. The molecule has 4 unspecified atom stereocenters. The van der Waals surface area contributed by atoms with Crippen LogP contribution in [0.2, 0.25) is 0 Å². The number of para-hydroxylation sites is 6. The molecular weight excluding hydrogens is 1690 g/mol. The second kappa shape index (κ2) is 30.8. The number of thiophene rings is 1. The van der Waals surface area contributed by atoms with Crippen LogP contribution in [0.3, 0.4) is 0 Å². The van der Waals surface area contributed by atoms with Gasteiger partial charge in [-0.1, -0.05) is 327 Å². The second-order valence-electron chi connectivity index (χ2n) is 42.3. The molecule has 0 radical (unpaired) electrons. The van der Waals surface area contributed by atoms with Crippen LogP contribution in [0, 0.1) is 41.4 Å². The zero-order valence-electron chi connectivity index (χ0n) is 78.9. The molecule has 138 heavy (non-hydrogen) atoms. The SMILES string of the molecule is CC(C)CC1CC2(c3ccccc3-n3c4ccccc4c4cc(N(c5ccc(-c6ccccc6-c6cccc7sc8ccccc8c67)cc5)c5cccc(-c6ccccc6)c5)cc2c43)[C@@H](C)C[C@]1(C)c1ccc(-c2ccc(N(c3ccc(-c4ccc(-n5c6ccccc6c6ccccc65)cc4)cc3)c3ccc4c5c3c3ccccc3n5-c3ccccc3[C@]3(C)C5C[C@@H]6C[C@@H](C)C[C@H](C5)C463)cc2)cc1. The molecule has 4 aromatic heterocycles. The highest BCUT2D eigenvalue weighted by Crippen LogP contribution is 2.78. The maximum Gasteiger partial charge on any atom is 0.0600 e. The van der Waals surface area contributed by atoms with Crippen LogP contribution < -0.4 is 9.80 Å². The van der Waals surface area contributed by atoms with Crippen LogP contribution in [0.1, 0.15) is 114 Å². The molecule has 2 spiro atoms. The molecule has 666 valence electrons. The van der Waals surface area contributed by atoms with Gasteiger partial charge in [-0.15, -0.1) is 11.3 Å². The minimum atomic E-state index is -0.365. The first-order valence-corrected chi connectivity index (χ1v) is 51.2. The van der Waals surface area contributed by atoms with Crippen molar-refractivity contribution in [3.8, 4) is 72.7 Å². The molecule has 6 aliphatic rings. The van der Waals surface area contributed by atoms with Gasteiger partial charge >= 0.3 is 0 Å². The van der Waals surface area contributed by atoms with Gasteiger partial charge in [0.1, 0.15) is 0 Å². The smallest absolute Gasteiger partial charge is 0.0600 e. The summed E-state index contributed by atoms with van der Waals surface area (Å²) in [6.07, 6.45) is 8.30. The van der Waals surface area contributed by atoms with Gasteiger partial charge < -0.3 is 23.5 Å². The molecule has 10 atom stereocenters. The Morgan fingerprint density at radius 1 is 0.326 bits per heavy atom. The average Bonchev–Trinajstić information content (AvgIpc) is 1.47. The summed E-state index contributed by atoms with van der Waals surface area (Å²) in [5, 5.41) is 10.4. The molecule has 4 saturated carbocycles. The topological polar surface area (TPSA) is 21.3 Å². The second-order valence-corrected chi connectivity index (χ2v) is 43.3. The maximum absolute atomic E-state index is 2.74. The van der Waals surface area contributed by atoms with Crippen LogP contribution >= 0.6 is 11.3 Å². The normalized spacial score (nSPS) is 21.6. The molecule has 22 aromatic rings. The summed E-state index contributed by atoms with van der Waals surface area (Å²) in [5.74, 6) is 3.60. The lowest BCUT2D eigenvalue weighted by Gasteiger charge is -2.57. The van der Waals surface area contributed by atoms with Gasteiger partial charge in [-0.25, -0.2) is 0 Å². The van der Waals surface area contributed by atoms with Crippen molar-refractivity contribution in [1.82, 2.24) is 13.7 Å². The van der Waals surface area contributed by atoms with E-state index in [0.29, 0.717) is 29.6 Å². The van der Waals surface area contributed by atoms with Gasteiger partial charge in [-0.05, 0) is 303 Å². The summed E-state index contributed by atoms with van der Waals surface area (Å²) in [6, 6.07) is 159. The van der Waals surface area contributed by atoms with Crippen LogP contribution in [0.4, 0.5) is 34.1 Å². The number of hydrogen-bond donors (Lipinski definition) is 0. The summed E-state index contributed by atoms with van der Waals surface area (Å²) < 4.78 is 10.4. The number of hydrogen-bond acceptors (Lipinski definition) is 3. The summed E-state index contributed by atoms with van der Waals surface area (Å²) in [5.41, 5.74) is 37.3. The van der Waals surface area contributed by atoms with E-state index in [4.69, 9.17) is 0 Å². The van der Waals surface area contributed by atoms with E-state index in [0.717, 1.165) is 59.3 Å². The van der Waals surface area contributed by atoms with Crippen molar-refractivity contribution in [1.29, 1.82) is 0 Å². The van der Waals surface area contributed by atoms with Gasteiger partial charge in [0.05, 0.1) is 44.5 Å². The fourth-order valence-electron chi connectivity index (χ4n) is 29.4. The number of aromatic nitrogens is 3. The Kier molecular flexibility index (Phi) is 18.2. The predicted molar refractivity (Wildman–Crippen MR) is 582 cm³/mol. The van der Waals surface area contributed by atoms with E-state index in [2.05, 4.69) is 478 Å². The Bertz CT molecular complexity index is 8640.